The van der Waals surface area contributed by atoms with Crippen molar-refractivity contribution in [3.63, 3.8) is 0 Å². The molecule has 0 radical (unpaired) electrons. The SMILES string of the molecule is C[C@@H](OC(=O)c1ccc(CN2CCOCC2)cc1)C(=O)NC(=O)NC(C)(C)C. The standard InChI is InChI=1S/C20H29N3O5/c1-14(17(24)21-19(26)22-20(2,3)4)28-18(25)16-7-5-15(6-8-16)13-23-9-11-27-12-10-23/h5-8,14H,9-13H2,1-4H3,(H2,21,22,24,26)/t14-/m1/s1. The number of nitrogens with zero attached hydrogens (tertiary/aromatic N) is 1. The van der Waals surface area contributed by atoms with Crippen molar-refractivity contribution in [3.05, 3.63) is 35.4 Å². The molecule has 0 aliphatic carbocycles. The van der Waals surface area contributed by atoms with Gasteiger partial charge in [-0.2, -0.15) is 0 Å². The van der Waals surface area contributed by atoms with Crippen LogP contribution in [0, 0.1) is 0 Å². The fraction of sp³-hybridized carbons (Fsp3) is 0.550. The van der Waals surface area contributed by atoms with Crippen LogP contribution in [0.15, 0.2) is 24.3 Å². The number of nitrogens with one attached hydrogen (secondary N) is 2. The van der Waals surface area contributed by atoms with Crippen molar-refractivity contribution in [2.75, 3.05) is 26.3 Å². The molecule has 1 fully saturated rings. The molecule has 154 valence electrons. The molecule has 0 unspecified atom stereocenters. The van der Waals surface area contributed by atoms with Gasteiger partial charge < -0.3 is 14.8 Å². The minimum Gasteiger partial charge on any atom is -0.449 e. The summed E-state index contributed by atoms with van der Waals surface area (Å²) < 4.78 is 10.5. The maximum Gasteiger partial charge on any atom is 0.338 e. The zero-order valence-corrected chi connectivity index (χ0v) is 16.9. The molecule has 8 heteroatoms. The van der Waals surface area contributed by atoms with E-state index >= 15 is 0 Å². The van der Waals surface area contributed by atoms with E-state index in [0.717, 1.165) is 38.4 Å². The van der Waals surface area contributed by atoms with Gasteiger partial charge in [-0.05, 0) is 45.4 Å². The highest BCUT2D eigenvalue weighted by atomic mass is 16.5. The van der Waals surface area contributed by atoms with E-state index < -0.39 is 29.6 Å². The van der Waals surface area contributed by atoms with Crippen molar-refractivity contribution in [2.24, 2.45) is 0 Å². The van der Waals surface area contributed by atoms with Gasteiger partial charge in [0.15, 0.2) is 6.10 Å². The number of carbonyl (C=O) groups excluding carboxylic acids is 3. The van der Waals surface area contributed by atoms with Gasteiger partial charge in [0, 0.05) is 25.2 Å². The van der Waals surface area contributed by atoms with Crippen LogP contribution in [0.1, 0.15) is 43.6 Å². The highest BCUT2D eigenvalue weighted by molar-refractivity contribution is 5.98. The molecule has 0 saturated carbocycles. The fourth-order valence-electron chi connectivity index (χ4n) is 2.63. The molecule has 1 aromatic rings. The third-order valence-corrected chi connectivity index (χ3v) is 4.08. The summed E-state index contributed by atoms with van der Waals surface area (Å²) in [5.74, 6) is -1.30. The minimum absolute atomic E-state index is 0.351. The highest BCUT2D eigenvalue weighted by Crippen LogP contribution is 2.11. The van der Waals surface area contributed by atoms with Crippen molar-refractivity contribution < 1.29 is 23.9 Å². The summed E-state index contributed by atoms with van der Waals surface area (Å²) in [5.41, 5.74) is 0.959. The smallest absolute Gasteiger partial charge is 0.338 e. The highest BCUT2D eigenvalue weighted by Gasteiger charge is 2.22. The number of imide groups is 1. The van der Waals surface area contributed by atoms with Gasteiger partial charge in [-0.15, -0.1) is 0 Å². The molecule has 0 bridgehead atoms. The molecule has 1 heterocycles. The van der Waals surface area contributed by atoms with Crippen LogP contribution in [0.4, 0.5) is 4.79 Å². The Hall–Kier alpha value is -2.45. The maximum atomic E-state index is 12.2. The molecule has 1 aromatic carbocycles. The van der Waals surface area contributed by atoms with Gasteiger partial charge in [0.25, 0.3) is 5.91 Å². The average Bonchev–Trinajstić information content (AvgIpc) is 2.61. The van der Waals surface area contributed by atoms with E-state index in [-0.39, 0.29) is 0 Å². The second-order valence-electron chi connectivity index (χ2n) is 7.83. The summed E-state index contributed by atoms with van der Waals surface area (Å²) in [5, 5.41) is 4.77. The number of esters is 1. The van der Waals surface area contributed by atoms with Gasteiger partial charge >= 0.3 is 12.0 Å². The van der Waals surface area contributed by atoms with Gasteiger partial charge in [-0.3, -0.25) is 15.0 Å². The van der Waals surface area contributed by atoms with Crippen LogP contribution in [0.3, 0.4) is 0 Å². The normalized spacial score (nSPS) is 16.1. The number of hydrogen-bond acceptors (Lipinski definition) is 6. The Kier molecular flexibility index (Phi) is 7.53. The summed E-state index contributed by atoms with van der Waals surface area (Å²) in [6.45, 7) is 10.8. The minimum atomic E-state index is -1.09. The number of carbonyl (C=O) groups is 3. The predicted molar refractivity (Wildman–Crippen MR) is 104 cm³/mol. The molecule has 1 aliphatic heterocycles. The summed E-state index contributed by atoms with van der Waals surface area (Å²) in [6, 6.07) is 6.46. The summed E-state index contributed by atoms with van der Waals surface area (Å²) in [6.07, 6.45) is -1.09. The number of amides is 3. The number of morpholine rings is 1. The monoisotopic (exact) mass is 391 g/mol. The molecular weight excluding hydrogens is 362 g/mol. The first-order valence-corrected chi connectivity index (χ1v) is 9.37. The van der Waals surface area contributed by atoms with Crippen LogP contribution in [0.5, 0.6) is 0 Å². The Morgan fingerprint density at radius 2 is 1.75 bits per heavy atom. The van der Waals surface area contributed by atoms with Crippen molar-refractivity contribution >= 4 is 17.9 Å². The molecule has 2 rings (SSSR count). The van der Waals surface area contributed by atoms with Gasteiger partial charge in [-0.25, -0.2) is 9.59 Å². The van der Waals surface area contributed by atoms with Crippen LogP contribution in [0.2, 0.25) is 0 Å². The lowest BCUT2D eigenvalue weighted by Gasteiger charge is -2.26. The third-order valence-electron chi connectivity index (χ3n) is 4.08. The average molecular weight is 391 g/mol. The fourth-order valence-corrected chi connectivity index (χ4v) is 2.63. The van der Waals surface area contributed by atoms with Gasteiger partial charge in [0.05, 0.1) is 18.8 Å². The molecule has 0 spiro atoms. The van der Waals surface area contributed by atoms with Crippen LogP contribution in [-0.4, -0.2) is 60.8 Å². The summed E-state index contributed by atoms with van der Waals surface area (Å²) in [7, 11) is 0. The van der Waals surface area contributed by atoms with Crippen molar-refractivity contribution in [3.8, 4) is 0 Å². The van der Waals surface area contributed by atoms with Crippen molar-refractivity contribution in [1.29, 1.82) is 0 Å². The van der Waals surface area contributed by atoms with Crippen molar-refractivity contribution in [2.45, 2.75) is 45.9 Å². The Labute approximate surface area is 165 Å². The number of hydrogen-bond donors (Lipinski definition) is 2. The van der Waals surface area contributed by atoms with Crippen molar-refractivity contribution in [1.82, 2.24) is 15.5 Å². The van der Waals surface area contributed by atoms with Gasteiger partial charge in [-0.1, -0.05) is 12.1 Å². The van der Waals surface area contributed by atoms with E-state index in [9.17, 15) is 14.4 Å². The Bertz CT molecular complexity index is 691. The van der Waals surface area contributed by atoms with Crippen LogP contribution in [-0.2, 0) is 20.8 Å². The Balaban J connectivity index is 1.84. The van der Waals surface area contributed by atoms with E-state index in [2.05, 4.69) is 15.5 Å². The second-order valence-corrected chi connectivity index (χ2v) is 7.83. The number of rotatable bonds is 5. The van der Waals surface area contributed by atoms with E-state index in [0.29, 0.717) is 5.56 Å². The first-order chi connectivity index (χ1) is 13.1. The van der Waals surface area contributed by atoms with Crippen LogP contribution >= 0.6 is 0 Å². The zero-order chi connectivity index (χ0) is 20.7. The first-order valence-electron chi connectivity index (χ1n) is 9.37. The molecule has 8 nitrogen and oxygen atoms in total. The predicted octanol–water partition coefficient (Wildman–Crippen LogP) is 1.69. The quantitative estimate of drug-likeness (QED) is 0.742. The lowest BCUT2D eigenvalue weighted by molar-refractivity contribution is -0.127. The largest absolute Gasteiger partial charge is 0.449 e. The first kappa shape index (κ1) is 21.8. The summed E-state index contributed by atoms with van der Waals surface area (Å²) in [4.78, 5) is 38.3. The summed E-state index contributed by atoms with van der Waals surface area (Å²) >= 11 is 0. The maximum absolute atomic E-state index is 12.2. The third kappa shape index (κ3) is 7.28. The Morgan fingerprint density at radius 1 is 1.14 bits per heavy atom. The van der Waals surface area contributed by atoms with E-state index in [1.54, 1.807) is 32.9 Å². The van der Waals surface area contributed by atoms with Crippen LogP contribution in [0.25, 0.3) is 0 Å². The molecule has 3 amide bonds. The molecule has 0 aromatic heterocycles. The molecular formula is C20H29N3O5. The van der Waals surface area contributed by atoms with Crippen LogP contribution < -0.4 is 10.6 Å². The van der Waals surface area contributed by atoms with E-state index in [1.807, 2.05) is 12.1 Å². The number of urea groups is 1. The van der Waals surface area contributed by atoms with E-state index in [4.69, 9.17) is 9.47 Å². The molecule has 1 saturated heterocycles. The number of benzene rings is 1. The topological polar surface area (TPSA) is 97.0 Å². The van der Waals surface area contributed by atoms with Gasteiger partial charge in [0.2, 0.25) is 0 Å². The van der Waals surface area contributed by atoms with E-state index in [1.165, 1.54) is 6.92 Å². The molecule has 2 N–H and O–H groups in total. The molecule has 28 heavy (non-hydrogen) atoms. The second kappa shape index (κ2) is 9.66. The Morgan fingerprint density at radius 3 is 2.32 bits per heavy atom. The zero-order valence-electron chi connectivity index (χ0n) is 16.9. The number of ether oxygens (including phenoxy) is 2. The molecule has 1 aliphatic rings. The van der Waals surface area contributed by atoms with Gasteiger partial charge in [0.1, 0.15) is 0 Å². The lowest BCUT2D eigenvalue weighted by atomic mass is 10.1. The molecule has 1 atom stereocenters. The lowest BCUT2D eigenvalue weighted by Crippen LogP contribution is -2.50.